The van der Waals surface area contributed by atoms with E-state index in [2.05, 4.69) is 42.5 Å². The highest BCUT2D eigenvalue weighted by atomic mass is 14.7. The van der Waals surface area contributed by atoms with Crippen molar-refractivity contribution in [2.45, 2.75) is 79.0 Å². The first-order valence-electron chi connectivity index (χ1n) is 9.75. The van der Waals surface area contributed by atoms with E-state index < -0.39 is 0 Å². The highest BCUT2D eigenvalue weighted by Gasteiger charge is 2.70. The molecular formula is C20H35B. The Morgan fingerprint density at radius 3 is 2.10 bits per heavy atom. The lowest BCUT2D eigenvalue weighted by Crippen LogP contribution is -2.38. The molecule has 21 heavy (non-hydrogen) atoms. The molecule has 4 fully saturated rings. The van der Waals surface area contributed by atoms with Crippen LogP contribution in [-0.4, -0.2) is 7.85 Å². The first-order valence-corrected chi connectivity index (χ1v) is 9.75. The smallest absolute Gasteiger partial charge is 0.0620 e. The summed E-state index contributed by atoms with van der Waals surface area (Å²) in [7, 11) is 2.66. The summed E-state index contributed by atoms with van der Waals surface area (Å²) in [5.41, 5.74) is 1.96. The first kappa shape index (κ1) is 14.6. The van der Waals surface area contributed by atoms with Gasteiger partial charge in [-0.05, 0) is 84.4 Å². The largest absolute Gasteiger partial charge is 0.106 e. The standard InChI is InChI=1S/C20H35B/c1-12-6-7-13(2)20(12)9-8-14-15(20)17(21)19(5)11-10-18(3,4)16(14)19/h12-17H,6-11,21H2,1-5H3/t12-,13+,14-,15+,16-,17-,19+,20?/m1/s1. The fourth-order valence-electron chi connectivity index (χ4n) is 8.83. The summed E-state index contributed by atoms with van der Waals surface area (Å²) in [6.07, 6.45) is 9.08. The van der Waals surface area contributed by atoms with E-state index in [0.29, 0.717) is 16.2 Å². The van der Waals surface area contributed by atoms with Crippen molar-refractivity contribution < 1.29 is 0 Å². The van der Waals surface area contributed by atoms with Crippen molar-refractivity contribution in [3.05, 3.63) is 0 Å². The van der Waals surface area contributed by atoms with Crippen molar-refractivity contribution in [1.29, 1.82) is 0 Å². The van der Waals surface area contributed by atoms with Gasteiger partial charge < -0.3 is 0 Å². The minimum atomic E-state index is 0.596. The third kappa shape index (κ3) is 1.50. The minimum absolute atomic E-state index is 0.596. The number of hydrogen-bond donors (Lipinski definition) is 0. The van der Waals surface area contributed by atoms with E-state index in [9.17, 15) is 0 Å². The molecule has 0 heterocycles. The first-order chi connectivity index (χ1) is 9.75. The summed E-state index contributed by atoms with van der Waals surface area (Å²) in [4.78, 5) is 0. The molecule has 4 rings (SSSR count). The van der Waals surface area contributed by atoms with Crippen molar-refractivity contribution in [2.24, 2.45) is 45.8 Å². The molecule has 4 aliphatic rings. The van der Waals surface area contributed by atoms with Gasteiger partial charge in [0, 0.05) is 0 Å². The molecule has 0 aliphatic heterocycles. The minimum Gasteiger partial charge on any atom is -0.0620 e. The van der Waals surface area contributed by atoms with Gasteiger partial charge in [-0.2, -0.15) is 0 Å². The molecule has 1 spiro atoms. The molecule has 1 heteroatoms. The quantitative estimate of drug-likeness (QED) is 0.553. The maximum Gasteiger partial charge on any atom is 0.106 e. The molecule has 0 saturated heterocycles. The predicted octanol–water partition coefficient (Wildman–Crippen LogP) is 4.94. The Hall–Kier alpha value is 0.0649. The molecular weight excluding hydrogens is 251 g/mol. The second-order valence-electron chi connectivity index (χ2n) is 10.5. The Labute approximate surface area is 133 Å². The van der Waals surface area contributed by atoms with Crippen LogP contribution in [0.5, 0.6) is 0 Å². The zero-order valence-electron chi connectivity index (χ0n) is 15.2. The summed E-state index contributed by atoms with van der Waals surface area (Å²) < 4.78 is 0. The van der Waals surface area contributed by atoms with Gasteiger partial charge in [0.15, 0.2) is 0 Å². The zero-order valence-corrected chi connectivity index (χ0v) is 15.2. The second kappa shape index (κ2) is 4.12. The Morgan fingerprint density at radius 1 is 0.857 bits per heavy atom. The fourth-order valence-corrected chi connectivity index (χ4v) is 8.83. The Balaban J connectivity index is 1.79. The Bertz CT molecular complexity index is 443. The summed E-state index contributed by atoms with van der Waals surface area (Å²) in [5.74, 6) is 6.01. The maximum absolute atomic E-state index is 2.67. The highest BCUT2D eigenvalue weighted by molar-refractivity contribution is 6.13. The van der Waals surface area contributed by atoms with Gasteiger partial charge in [0.05, 0.1) is 0 Å². The second-order valence-corrected chi connectivity index (χ2v) is 10.5. The monoisotopic (exact) mass is 286 g/mol. The van der Waals surface area contributed by atoms with Crippen LogP contribution < -0.4 is 0 Å². The topological polar surface area (TPSA) is 0 Å². The van der Waals surface area contributed by atoms with Crippen LogP contribution in [-0.2, 0) is 0 Å². The van der Waals surface area contributed by atoms with Crippen molar-refractivity contribution in [3.8, 4) is 0 Å². The van der Waals surface area contributed by atoms with Crippen LogP contribution in [0.2, 0.25) is 5.82 Å². The van der Waals surface area contributed by atoms with E-state index in [4.69, 9.17) is 0 Å². The van der Waals surface area contributed by atoms with Crippen LogP contribution in [0, 0.1) is 45.8 Å². The number of fused-ring (bicyclic) bond motifs is 4. The molecule has 8 atom stereocenters. The van der Waals surface area contributed by atoms with E-state index in [1.165, 1.54) is 25.7 Å². The van der Waals surface area contributed by atoms with E-state index in [0.717, 1.165) is 35.4 Å². The fraction of sp³-hybridized carbons (Fsp3) is 1.00. The zero-order chi connectivity index (χ0) is 15.2. The summed E-state index contributed by atoms with van der Waals surface area (Å²) in [6, 6.07) is 0. The molecule has 0 aromatic carbocycles. The molecule has 1 unspecified atom stereocenters. The number of hydrogen-bond acceptors (Lipinski definition) is 0. The van der Waals surface area contributed by atoms with Crippen molar-refractivity contribution in [1.82, 2.24) is 0 Å². The molecule has 0 N–H and O–H groups in total. The number of rotatable bonds is 0. The van der Waals surface area contributed by atoms with Crippen LogP contribution in [0.3, 0.4) is 0 Å². The van der Waals surface area contributed by atoms with Gasteiger partial charge in [0.2, 0.25) is 0 Å². The molecule has 4 saturated carbocycles. The summed E-state index contributed by atoms with van der Waals surface area (Å²) in [6.45, 7) is 13.0. The Morgan fingerprint density at radius 2 is 1.48 bits per heavy atom. The van der Waals surface area contributed by atoms with Gasteiger partial charge in [-0.3, -0.25) is 0 Å². The van der Waals surface area contributed by atoms with Crippen molar-refractivity contribution in [3.63, 3.8) is 0 Å². The lowest BCUT2D eigenvalue weighted by atomic mass is 9.54. The van der Waals surface area contributed by atoms with Gasteiger partial charge in [0.1, 0.15) is 7.85 Å². The summed E-state index contributed by atoms with van der Waals surface area (Å²) in [5, 5.41) is 0. The van der Waals surface area contributed by atoms with Crippen LogP contribution in [0.1, 0.15) is 73.1 Å². The normalized spacial score (nSPS) is 61.4. The van der Waals surface area contributed by atoms with E-state index in [-0.39, 0.29) is 0 Å². The van der Waals surface area contributed by atoms with Crippen LogP contribution >= 0.6 is 0 Å². The van der Waals surface area contributed by atoms with Gasteiger partial charge in [-0.1, -0.05) is 40.4 Å². The van der Waals surface area contributed by atoms with Crippen molar-refractivity contribution >= 4 is 7.85 Å². The lowest BCUT2D eigenvalue weighted by molar-refractivity contribution is 0.0715. The SMILES string of the molecule is B[C@@H]1[C@@H]2[C@@H](CCC23[C@H](C)CC[C@@H]3C)[C@@H]2C(C)(C)CC[C@]12C. The average Bonchev–Trinajstić information content (AvgIpc) is 3.05. The van der Waals surface area contributed by atoms with Crippen molar-refractivity contribution in [2.75, 3.05) is 0 Å². The molecule has 0 amide bonds. The van der Waals surface area contributed by atoms with Gasteiger partial charge in [-0.15, -0.1) is 0 Å². The van der Waals surface area contributed by atoms with Crippen LogP contribution in [0.4, 0.5) is 0 Å². The Kier molecular flexibility index (Phi) is 2.87. The molecule has 118 valence electrons. The average molecular weight is 286 g/mol. The lowest BCUT2D eigenvalue weighted by Gasteiger charge is -2.44. The molecule has 0 bridgehead atoms. The molecule has 0 aromatic rings. The maximum atomic E-state index is 2.67. The predicted molar refractivity (Wildman–Crippen MR) is 93.1 cm³/mol. The van der Waals surface area contributed by atoms with Crippen LogP contribution in [0.15, 0.2) is 0 Å². The third-order valence-corrected chi connectivity index (χ3v) is 9.73. The third-order valence-electron chi connectivity index (χ3n) is 9.73. The van der Waals surface area contributed by atoms with E-state index in [1.54, 1.807) is 12.8 Å². The molecule has 0 nitrogen and oxygen atoms in total. The summed E-state index contributed by atoms with van der Waals surface area (Å²) >= 11 is 0. The van der Waals surface area contributed by atoms with Gasteiger partial charge in [0.25, 0.3) is 0 Å². The highest BCUT2D eigenvalue weighted by Crippen LogP contribution is 2.78. The molecule has 0 aromatic heterocycles. The molecule has 0 radical (unpaired) electrons. The van der Waals surface area contributed by atoms with Gasteiger partial charge in [-0.25, -0.2) is 0 Å². The van der Waals surface area contributed by atoms with E-state index >= 15 is 0 Å². The van der Waals surface area contributed by atoms with E-state index in [1.807, 2.05) is 0 Å². The van der Waals surface area contributed by atoms with Crippen LogP contribution in [0.25, 0.3) is 0 Å². The molecule has 4 aliphatic carbocycles. The van der Waals surface area contributed by atoms with Gasteiger partial charge >= 0.3 is 0 Å².